The van der Waals surface area contributed by atoms with Crippen LogP contribution in [0.15, 0.2) is 36.4 Å². The van der Waals surface area contributed by atoms with E-state index in [9.17, 15) is 14.0 Å². The van der Waals surface area contributed by atoms with Gasteiger partial charge in [0.25, 0.3) is 0 Å². The first-order valence-corrected chi connectivity index (χ1v) is 7.56. The molecule has 24 heavy (non-hydrogen) atoms. The van der Waals surface area contributed by atoms with E-state index in [0.717, 1.165) is 6.07 Å². The highest BCUT2D eigenvalue weighted by atomic mass is 35.5. The van der Waals surface area contributed by atoms with Crippen LogP contribution in [0.4, 0.5) is 4.39 Å². The molecule has 0 fully saturated rings. The van der Waals surface area contributed by atoms with Crippen LogP contribution in [0.3, 0.4) is 0 Å². The Labute approximate surface area is 143 Å². The van der Waals surface area contributed by atoms with Gasteiger partial charge in [0, 0.05) is 0 Å². The minimum Gasteiger partial charge on any atom is -0.461 e. The summed E-state index contributed by atoms with van der Waals surface area (Å²) in [5.74, 6) is -2.57. The molecule has 0 unspecified atom stereocenters. The number of hydrogen-bond donors (Lipinski definition) is 0. The topological polar surface area (TPSA) is 65.5 Å². The van der Waals surface area contributed by atoms with Crippen molar-refractivity contribution in [1.29, 1.82) is 0 Å². The molecular weight excluding hydrogens is 337 g/mol. The normalized spacial score (nSPS) is 10.5. The smallest absolute Gasteiger partial charge is 0.362 e. The Bertz CT molecular complexity index is 744. The van der Waals surface area contributed by atoms with Gasteiger partial charge in [-0.05, 0) is 30.2 Å². The number of esters is 2. The fraction of sp³-hybridized carbons (Fsp3) is 0.235. The summed E-state index contributed by atoms with van der Waals surface area (Å²) in [6.45, 7) is 4.03. The molecule has 0 aliphatic rings. The number of nitrogens with zero attached hydrogens (tertiary/aromatic N) is 1. The molecule has 0 saturated heterocycles. The molecule has 0 aliphatic heterocycles. The number of aromatic nitrogens is 1. The first-order valence-electron chi connectivity index (χ1n) is 7.19. The molecule has 126 valence electrons. The molecular formula is C17H15ClFNO4. The van der Waals surface area contributed by atoms with Crippen LogP contribution in [-0.4, -0.2) is 23.5 Å². The molecule has 7 heteroatoms. The van der Waals surface area contributed by atoms with Crippen molar-refractivity contribution in [2.75, 3.05) is 6.61 Å². The average Bonchev–Trinajstić information content (AvgIpc) is 2.56. The predicted molar refractivity (Wildman–Crippen MR) is 85.7 cm³/mol. The van der Waals surface area contributed by atoms with E-state index in [-0.39, 0.29) is 28.9 Å². The molecule has 0 amide bonds. The van der Waals surface area contributed by atoms with Crippen LogP contribution in [0.1, 0.15) is 34.8 Å². The number of hydrogen-bond acceptors (Lipinski definition) is 5. The highest BCUT2D eigenvalue weighted by Crippen LogP contribution is 2.27. The molecule has 1 aromatic carbocycles. The molecule has 0 saturated carbocycles. The number of para-hydroxylation sites is 1. The molecule has 5 nitrogen and oxygen atoms in total. The number of halogens is 2. The summed E-state index contributed by atoms with van der Waals surface area (Å²) in [4.78, 5) is 27.9. The van der Waals surface area contributed by atoms with Gasteiger partial charge in [-0.15, -0.1) is 0 Å². The van der Waals surface area contributed by atoms with Crippen molar-refractivity contribution in [3.8, 4) is 5.75 Å². The standard InChI is InChI=1S/C17H15ClFNO4/c1-10(2)9-23-16(21)13-7-4-8-14(20-13)17(22)24-15-11(18)5-3-6-12(15)19/h3-8,10H,9H2,1-2H3. The predicted octanol–water partition coefficient (Wildman–Crippen LogP) is 3.91. The van der Waals surface area contributed by atoms with Crippen molar-refractivity contribution in [3.05, 3.63) is 58.6 Å². The Morgan fingerprint density at radius 3 is 2.38 bits per heavy atom. The summed E-state index contributed by atoms with van der Waals surface area (Å²) < 4.78 is 23.6. The highest BCUT2D eigenvalue weighted by Gasteiger charge is 2.18. The van der Waals surface area contributed by atoms with Gasteiger partial charge in [-0.25, -0.2) is 19.0 Å². The number of benzene rings is 1. The summed E-state index contributed by atoms with van der Waals surface area (Å²) in [7, 11) is 0. The van der Waals surface area contributed by atoms with Gasteiger partial charge >= 0.3 is 11.9 Å². The highest BCUT2D eigenvalue weighted by molar-refractivity contribution is 6.32. The Kier molecular flexibility index (Phi) is 5.87. The van der Waals surface area contributed by atoms with Gasteiger partial charge in [0.2, 0.25) is 0 Å². The minimum atomic E-state index is -0.930. The quantitative estimate of drug-likeness (QED) is 0.603. The minimum absolute atomic E-state index is 0.0373. The lowest BCUT2D eigenvalue weighted by Gasteiger charge is -2.08. The molecule has 0 aliphatic carbocycles. The van der Waals surface area contributed by atoms with Crippen molar-refractivity contribution in [2.45, 2.75) is 13.8 Å². The molecule has 0 radical (unpaired) electrons. The maximum Gasteiger partial charge on any atom is 0.362 e. The van der Waals surface area contributed by atoms with Gasteiger partial charge in [-0.1, -0.05) is 37.6 Å². The lowest BCUT2D eigenvalue weighted by molar-refractivity contribution is 0.0452. The van der Waals surface area contributed by atoms with Crippen molar-refractivity contribution in [2.24, 2.45) is 5.92 Å². The third-order valence-electron chi connectivity index (χ3n) is 2.83. The average molecular weight is 352 g/mol. The van der Waals surface area contributed by atoms with E-state index in [1.165, 1.54) is 30.3 Å². The van der Waals surface area contributed by atoms with E-state index in [4.69, 9.17) is 21.1 Å². The van der Waals surface area contributed by atoms with Gasteiger partial charge in [0.15, 0.2) is 11.6 Å². The third kappa shape index (κ3) is 4.52. The fourth-order valence-electron chi connectivity index (χ4n) is 1.70. The molecule has 0 spiro atoms. The van der Waals surface area contributed by atoms with Crippen molar-refractivity contribution >= 4 is 23.5 Å². The molecule has 0 N–H and O–H groups in total. The van der Waals surface area contributed by atoms with Gasteiger partial charge < -0.3 is 9.47 Å². The zero-order chi connectivity index (χ0) is 17.7. The first kappa shape index (κ1) is 17.9. The maximum atomic E-state index is 13.7. The summed E-state index contributed by atoms with van der Waals surface area (Å²) in [6, 6.07) is 8.10. The third-order valence-corrected chi connectivity index (χ3v) is 3.13. The van der Waals surface area contributed by atoms with Crippen LogP contribution in [0.5, 0.6) is 5.75 Å². The SMILES string of the molecule is CC(C)COC(=O)c1cccc(C(=O)Oc2c(F)cccc2Cl)n1. The monoisotopic (exact) mass is 351 g/mol. The fourth-order valence-corrected chi connectivity index (χ4v) is 1.90. The molecule has 2 rings (SSSR count). The zero-order valence-electron chi connectivity index (χ0n) is 13.1. The van der Waals surface area contributed by atoms with Crippen molar-refractivity contribution in [1.82, 2.24) is 4.98 Å². The number of carbonyl (C=O) groups excluding carboxylic acids is 2. The van der Waals surface area contributed by atoms with Crippen LogP contribution in [-0.2, 0) is 4.74 Å². The van der Waals surface area contributed by atoms with Gasteiger partial charge in [0.05, 0.1) is 11.6 Å². The van der Waals surface area contributed by atoms with Gasteiger partial charge in [-0.3, -0.25) is 0 Å². The molecule has 0 atom stereocenters. The Hall–Kier alpha value is -2.47. The Balaban J connectivity index is 2.16. The van der Waals surface area contributed by atoms with Crippen LogP contribution < -0.4 is 4.74 Å². The number of ether oxygens (including phenoxy) is 2. The van der Waals surface area contributed by atoms with E-state index < -0.39 is 23.5 Å². The largest absolute Gasteiger partial charge is 0.461 e. The van der Waals surface area contributed by atoms with E-state index in [1.54, 1.807) is 0 Å². The maximum absolute atomic E-state index is 13.7. The van der Waals surface area contributed by atoms with E-state index >= 15 is 0 Å². The van der Waals surface area contributed by atoms with E-state index in [0.29, 0.717) is 0 Å². The van der Waals surface area contributed by atoms with Crippen LogP contribution in [0.25, 0.3) is 0 Å². The number of carbonyl (C=O) groups is 2. The summed E-state index contributed by atoms with van der Waals surface area (Å²) in [5.41, 5.74) is -0.196. The second kappa shape index (κ2) is 7.88. The lowest BCUT2D eigenvalue weighted by atomic mass is 10.2. The van der Waals surface area contributed by atoms with Crippen LogP contribution in [0, 0.1) is 11.7 Å². The summed E-state index contributed by atoms with van der Waals surface area (Å²) >= 11 is 5.80. The van der Waals surface area contributed by atoms with Crippen molar-refractivity contribution in [3.63, 3.8) is 0 Å². The second-order valence-electron chi connectivity index (χ2n) is 5.34. The van der Waals surface area contributed by atoms with Gasteiger partial charge in [0.1, 0.15) is 11.4 Å². The Morgan fingerprint density at radius 2 is 1.75 bits per heavy atom. The molecule has 2 aromatic rings. The van der Waals surface area contributed by atoms with E-state index in [1.807, 2.05) is 13.8 Å². The molecule has 1 aromatic heterocycles. The molecule has 0 bridgehead atoms. The van der Waals surface area contributed by atoms with E-state index in [2.05, 4.69) is 4.98 Å². The summed E-state index contributed by atoms with van der Waals surface area (Å²) in [6.07, 6.45) is 0. The number of rotatable bonds is 5. The lowest BCUT2D eigenvalue weighted by Crippen LogP contribution is -2.16. The summed E-state index contributed by atoms with van der Waals surface area (Å²) in [5, 5.41) is -0.0455. The first-order chi connectivity index (χ1) is 11.4. The van der Waals surface area contributed by atoms with Crippen LogP contribution in [0.2, 0.25) is 5.02 Å². The zero-order valence-corrected chi connectivity index (χ0v) is 13.8. The molecule has 1 heterocycles. The van der Waals surface area contributed by atoms with Crippen LogP contribution >= 0.6 is 11.6 Å². The number of pyridine rings is 1. The van der Waals surface area contributed by atoms with Gasteiger partial charge in [-0.2, -0.15) is 0 Å². The Morgan fingerprint density at radius 1 is 1.12 bits per heavy atom. The second-order valence-corrected chi connectivity index (χ2v) is 5.75. The van der Waals surface area contributed by atoms with Crippen molar-refractivity contribution < 1.29 is 23.5 Å².